The molecule has 2 aromatic rings. The van der Waals surface area contributed by atoms with Crippen molar-refractivity contribution in [2.75, 3.05) is 12.4 Å². The summed E-state index contributed by atoms with van der Waals surface area (Å²) < 4.78 is 1.70. The van der Waals surface area contributed by atoms with Crippen molar-refractivity contribution in [1.29, 1.82) is 0 Å². The smallest absolute Gasteiger partial charge is 0.344 e. The molecule has 1 aliphatic rings. The van der Waals surface area contributed by atoms with Crippen LogP contribution in [0.5, 0.6) is 0 Å². The van der Waals surface area contributed by atoms with E-state index in [0.717, 1.165) is 23.7 Å². The summed E-state index contributed by atoms with van der Waals surface area (Å²) in [5.41, 5.74) is -0.150. The summed E-state index contributed by atoms with van der Waals surface area (Å²) in [6.45, 7) is 0. The second kappa shape index (κ2) is 4.45. The summed E-state index contributed by atoms with van der Waals surface area (Å²) in [6, 6.07) is 2.12. The van der Waals surface area contributed by atoms with Crippen LogP contribution in [0.2, 0.25) is 0 Å². The van der Waals surface area contributed by atoms with Crippen molar-refractivity contribution in [3.8, 4) is 0 Å². The fourth-order valence-corrected chi connectivity index (χ4v) is 2.52. The number of hydrogen-bond donors (Lipinski definition) is 2. The minimum absolute atomic E-state index is 0.150. The number of anilines is 1. The van der Waals surface area contributed by atoms with Gasteiger partial charge in [-0.3, -0.25) is 4.57 Å². The summed E-state index contributed by atoms with van der Waals surface area (Å²) in [5.74, 6) is 0.739. The highest BCUT2D eigenvalue weighted by atomic mass is 32.2. The Hall–Kier alpha value is -1.83. The maximum absolute atomic E-state index is 11.6. The molecule has 7 nitrogen and oxygen atoms in total. The van der Waals surface area contributed by atoms with Crippen LogP contribution in [0.15, 0.2) is 27.4 Å². The molecule has 0 aliphatic heterocycles. The third-order valence-electron chi connectivity index (χ3n) is 2.68. The number of nitrogens with one attached hydrogen (secondary N) is 2. The van der Waals surface area contributed by atoms with Crippen molar-refractivity contribution < 1.29 is 0 Å². The molecule has 2 heterocycles. The maximum atomic E-state index is 11.6. The predicted molar refractivity (Wildman–Crippen MR) is 66.8 cm³/mol. The van der Waals surface area contributed by atoms with E-state index in [1.54, 1.807) is 11.6 Å². The molecule has 0 spiro atoms. The molecule has 0 atom stereocenters. The Bertz CT molecular complexity index is 617. The predicted octanol–water partition coefficient (Wildman–Crippen LogP) is 0.889. The third-order valence-corrected chi connectivity index (χ3v) is 3.58. The van der Waals surface area contributed by atoms with E-state index in [-0.39, 0.29) is 5.69 Å². The van der Waals surface area contributed by atoms with Crippen molar-refractivity contribution >= 4 is 17.6 Å². The van der Waals surface area contributed by atoms with E-state index in [2.05, 4.69) is 25.5 Å². The monoisotopic (exact) mass is 264 g/mol. The molecule has 3 rings (SSSR count). The van der Waals surface area contributed by atoms with Gasteiger partial charge in [0.25, 0.3) is 0 Å². The molecule has 0 unspecified atom stereocenters. The number of nitrogens with zero attached hydrogens (tertiary/aromatic N) is 4. The molecular formula is C10H12N6OS. The van der Waals surface area contributed by atoms with Crippen molar-refractivity contribution in [1.82, 2.24) is 24.7 Å². The average molecular weight is 264 g/mol. The first-order valence-corrected chi connectivity index (χ1v) is 6.44. The number of aromatic amines is 1. The van der Waals surface area contributed by atoms with Gasteiger partial charge in [0.15, 0.2) is 5.16 Å². The van der Waals surface area contributed by atoms with Gasteiger partial charge in [-0.15, -0.1) is 5.10 Å². The van der Waals surface area contributed by atoms with Crippen LogP contribution < -0.4 is 11.0 Å². The van der Waals surface area contributed by atoms with Crippen LogP contribution in [0.3, 0.4) is 0 Å². The van der Waals surface area contributed by atoms with Crippen molar-refractivity contribution in [3.05, 3.63) is 22.9 Å². The number of aromatic nitrogens is 5. The van der Waals surface area contributed by atoms with Gasteiger partial charge in [0.1, 0.15) is 17.2 Å². The highest BCUT2D eigenvalue weighted by Gasteiger charge is 2.28. The fraction of sp³-hybridized carbons (Fsp3) is 0.400. The number of H-pyrrole nitrogens is 1. The van der Waals surface area contributed by atoms with Crippen LogP contribution in [0, 0.1) is 0 Å². The lowest BCUT2D eigenvalue weighted by atomic mass is 10.6. The summed E-state index contributed by atoms with van der Waals surface area (Å²) in [4.78, 5) is 19.8. The molecule has 2 N–H and O–H groups in total. The fourth-order valence-electron chi connectivity index (χ4n) is 1.64. The van der Waals surface area contributed by atoms with E-state index in [1.165, 1.54) is 18.1 Å². The number of hydrogen-bond acceptors (Lipinski definition) is 6. The Morgan fingerprint density at radius 1 is 1.50 bits per heavy atom. The van der Waals surface area contributed by atoms with Gasteiger partial charge in [-0.2, -0.15) is 0 Å². The van der Waals surface area contributed by atoms with Gasteiger partial charge in [0.2, 0.25) is 0 Å². The maximum Gasteiger partial charge on any atom is 0.344 e. The Morgan fingerprint density at radius 2 is 2.33 bits per heavy atom. The van der Waals surface area contributed by atoms with Gasteiger partial charge in [0, 0.05) is 19.2 Å². The summed E-state index contributed by atoms with van der Waals surface area (Å²) in [6.07, 6.45) is 3.57. The quantitative estimate of drug-likeness (QED) is 0.797. The van der Waals surface area contributed by atoms with E-state index in [1.807, 2.05) is 6.07 Å². The van der Waals surface area contributed by atoms with E-state index in [4.69, 9.17) is 0 Å². The summed E-state index contributed by atoms with van der Waals surface area (Å²) in [5, 5.41) is 10.9. The van der Waals surface area contributed by atoms with Gasteiger partial charge in [-0.25, -0.2) is 19.9 Å². The summed E-state index contributed by atoms with van der Waals surface area (Å²) in [7, 11) is 1.80. The Morgan fingerprint density at radius 3 is 3.06 bits per heavy atom. The zero-order chi connectivity index (χ0) is 12.5. The topological polar surface area (TPSA) is 88.5 Å². The van der Waals surface area contributed by atoms with Gasteiger partial charge >= 0.3 is 5.69 Å². The zero-order valence-electron chi connectivity index (χ0n) is 9.75. The molecule has 1 aliphatic carbocycles. The van der Waals surface area contributed by atoms with E-state index in [9.17, 15) is 4.79 Å². The van der Waals surface area contributed by atoms with Crippen LogP contribution in [0.1, 0.15) is 18.9 Å². The lowest BCUT2D eigenvalue weighted by Crippen LogP contribution is -2.16. The van der Waals surface area contributed by atoms with Gasteiger partial charge in [0.05, 0.1) is 0 Å². The lowest BCUT2D eigenvalue weighted by Gasteiger charge is -2.03. The largest absolute Gasteiger partial charge is 0.373 e. The molecular weight excluding hydrogens is 252 g/mol. The molecule has 2 aromatic heterocycles. The van der Waals surface area contributed by atoms with E-state index >= 15 is 0 Å². The Kier molecular flexibility index (Phi) is 2.78. The Labute approximate surface area is 107 Å². The average Bonchev–Trinajstić information content (AvgIpc) is 3.15. The summed E-state index contributed by atoms with van der Waals surface area (Å²) >= 11 is 1.36. The molecule has 1 saturated carbocycles. The molecule has 0 radical (unpaired) electrons. The van der Waals surface area contributed by atoms with E-state index in [0.29, 0.717) is 11.2 Å². The van der Waals surface area contributed by atoms with Crippen LogP contribution in [0.25, 0.3) is 0 Å². The van der Waals surface area contributed by atoms with Crippen molar-refractivity contribution in [2.24, 2.45) is 0 Å². The molecule has 0 bridgehead atoms. The van der Waals surface area contributed by atoms with Gasteiger partial charge < -0.3 is 5.32 Å². The lowest BCUT2D eigenvalue weighted by molar-refractivity contribution is 0.642. The second-order valence-corrected chi connectivity index (χ2v) is 4.99. The first-order valence-electron chi connectivity index (χ1n) is 5.62. The molecule has 1 fully saturated rings. The molecule has 0 amide bonds. The Balaban J connectivity index is 1.89. The molecule has 0 aromatic carbocycles. The molecule has 18 heavy (non-hydrogen) atoms. The highest BCUT2D eigenvalue weighted by Crippen LogP contribution is 2.37. The molecule has 8 heteroatoms. The van der Waals surface area contributed by atoms with Crippen molar-refractivity contribution in [2.45, 2.75) is 29.1 Å². The van der Waals surface area contributed by atoms with Gasteiger partial charge in [-0.1, -0.05) is 0 Å². The first-order chi connectivity index (χ1) is 8.78. The minimum atomic E-state index is -0.150. The van der Waals surface area contributed by atoms with Crippen molar-refractivity contribution in [3.63, 3.8) is 0 Å². The molecule has 0 saturated heterocycles. The van der Waals surface area contributed by atoms with Crippen LogP contribution in [0.4, 0.5) is 5.82 Å². The van der Waals surface area contributed by atoms with Crippen LogP contribution >= 0.6 is 11.8 Å². The third kappa shape index (κ3) is 2.10. The molecule has 94 valence electrons. The first kappa shape index (κ1) is 11.3. The minimum Gasteiger partial charge on any atom is -0.373 e. The SMILES string of the molecule is CNc1cc(Sc2n[nH]c(=O)n2C2CC2)ncn1. The van der Waals surface area contributed by atoms with Crippen LogP contribution in [-0.4, -0.2) is 31.8 Å². The zero-order valence-corrected chi connectivity index (χ0v) is 10.6. The van der Waals surface area contributed by atoms with Crippen LogP contribution in [-0.2, 0) is 0 Å². The van der Waals surface area contributed by atoms with E-state index < -0.39 is 0 Å². The standard InChI is InChI=1S/C10H12N6OS/c1-11-7-4-8(13-5-12-7)18-10-15-14-9(17)16(10)6-2-3-6/h4-6H,2-3H2,1H3,(H,14,17)(H,11,12,13). The second-order valence-electron chi connectivity index (χ2n) is 4.01. The number of rotatable bonds is 4. The normalized spacial score (nSPS) is 14.7. The van der Waals surface area contributed by atoms with Gasteiger partial charge in [-0.05, 0) is 24.6 Å². The highest BCUT2D eigenvalue weighted by molar-refractivity contribution is 7.99.